The monoisotopic (exact) mass is 222 g/mol. The summed E-state index contributed by atoms with van der Waals surface area (Å²) in [4.78, 5) is 2.25. The fourth-order valence-electron chi connectivity index (χ4n) is 2.30. The highest BCUT2D eigenvalue weighted by Gasteiger charge is 2.15. The van der Waals surface area contributed by atoms with Crippen LogP contribution in [0.4, 0.5) is 4.39 Å². The summed E-state index contributed by atoms with van der Waals surface area (Å²) < 4.78 is 13.0. The molecule has 0 aliphatic carbocycles. The van der Waals surface area contributed by atoms with Gasteiger partial charge in [0.15, 0.2) is 0 Å². The molecule has 1 atom stereocenters. The highest BCUT2D eigenvalue weighted by atomic mass is 19.1. The van der Waals surface area contributed by atoms with Crippen LogP contribution in [0.2, 0.25) is 0 Å². The summed E-state index contributed by atoms with van der Waals surface area (Å²) in [5, 5.41) is 3.47. The van der Waals surface area contributed by atoms with Gasteiger partial charge in [0.2, 0.25) is 0 Å². The molecule has 0 spiro atoms. The minimum Gasteiger partial charge on any atom is -0.313 e. The van der Waals surface area contributed by atoms with Crippen LogP contribution in [-0.2, 0) is 6.54 Å². The van der Waals surface area contributed by atoms with Crippen molar-refractivity contribution in [3.63, 3.8) is 0 Å². The van der Waals surface area contributed by atoms with Crippen molar-refractivity contribution in [2.24, 2.45) is 0 Å². The van der Waals surface area contributed by atoms with E-state index in [9.17, 15) is 4.39 Å². The molecule has 88 valence electrons. The predicted octanol–water partition coefficient (Wildman–Crippen LogP) is 2.01. The molecule has 1 aliphatic heterocycles. The van der Waals surface area contributed by atoms with Gasteiger partial charge in [0.25, 0.3) is 0 Å². The first kappa shape index (κ1) is 11.6. The lowest BCUT2D eigenvalue weighted by molar-refractivity contribution is 0.293. The van der Waals surface area contributed by atoms with Crippen LogP contribution in [0.15, 0.2) is 24.3 Å². The highest BCUT2D eigenvalue weighted by Crippen LogP contribution is 2.10. The van der Waals surface area contributed by atoms with Crippen molar-refractivity contribution in [1.82, 2.24) is 10.2 Å². The lowest BCUT2D eigenvalue weighted by atomic mass is 10.2. The van der Waals surface area contributed by atoms with Crippen molar-refractivity contribution in [2.75, 3.05) is 20.1 Å². The minimum absolute atomic E-state index is 0.148. The smallest absolute Gasteiger partial charge is 0.123 e. The Hall–Kier alpha value is -0.930. The zero-order valence-electron chi connectivity index (χ0n) is 9.75. The molecule has 16 heavy (non-hydrogen) atoms. The third-order valence-corrected chi connectivity index (χ3v) is 3.04. The van der Waals surface area contributed by atoms with Crippen LogP contribution in [0.3, 0.4) is 0 Å². The summed E-state index contributed by atoms with van der Waals surface area (Å²) in [7, 11) is 2.09. The Balaban J connectivity index is 1.84. The maximum atomic E-state index is 13.0. The van der Waals surface area contributed by atoms with E-state index >= 15 is 0 Å². The first-order valence-corrected chi connectivity index (χ1v) is 5.90. The summed E-state index contributed by atoms with van der Waals surface area (Å²) in [5.74, 6) is -0.148. The summed E-state index contributed by atoms with van der Waals surface area (Å²) in [5.41, 5.74) is 1.04. The summed E-state index contributed by atoms with van der Waals surface area (Å²) in [6.45, 7) is 2.99. The molecule has 0 aromatic heterocycles. The maximum absolute atomic E-state index is 13.0. The fourth-order valence-corrected chi connectivity index (χ4v) is 2.30. The number of nitrogens with zero attached hydrogens (tertiary/aromatic N) is 1. The summed E-state index contributed by atoms with van der Waals surface area (Å²) >= 11 is 0. The van der Waals surface area contributed by atoms with Crippen molar-refractivity contribution >= 4 is 0 Å². The van der Waals surface area contributed by atoms with Crippen LogP contribution >= 0.6 is 0 Å². The van der Waals surface area contributed by atoms with Crippen LogP contribution in [0.1, 0.15) is 18.4 Å². The van der Waals surface area contributed by atoms with Gasteiger partial charge in [-0.2, -0.15) is 0 Å². The Morgan fingerprint density at radius 1 is 1.50 bits per heavy atom. The zero-order chi connectivity index (χ0) is 11.4. The predicted molar refractivity (Wildman–Crippen MR) is 63.8 cm³/mol. The van der Waals surface area contributed by atoms with Crippen molar-refractivity contribution in [2.45, 2.75) is 25.4 Å². The number of benzene rings is 1. The van der Waals surface area contributed by atoms with Crippen LogP contribution in [0, 0.1) is 5.82 Å². The molecule has 0 bridgehead atoms. The average molecular weight is 222 g/mol. The molecular formula is C13H19FN2. The molecule has 1 heterocycles. The molecule has 0 amide bonds. The molecule has 1 aromatic rings. The van der Waals surface area contributed by atoms with Crippen LogP contribution in [0.25, 0.3) is 0 Å². The van der Waals surface area contributed by atoms with E-state index in [-0.39, 0.29) is 5.82 Å². The van der Waals surface area contributed by atoms with Crippen molar-refractivity contribution < 1.29 is 4.39 Å². The van der Waals surface area contributed by atoms with E-state index in [4.69, 9.17) is 0 Å². The third-order valence-electron chi connectivity index (χ3n) is 3.04. The van der Waals surface area contributed by atoms with Gasteiger partial charge in [-0.3, -0.25) is 0 Å². The van der Waals surface area contributed by atoms with E-state index in [0.717, 1.165) is 25.2 Å². The number of nitrogens with one attached hydrogen (secondary N) is 1. The largest absolute Gasteiger partial charge is 0.313 e. The van der Waals surface area contributed by atoms with E-state index in [2.05, 4.69) is 17.3 Å². The Morgan fingerprint density at radius 3 is 3.06 bits per heavy atom. The van der Waals surface area contributed by atoms with E-state index in [1.54, 1.807) is 12.1 Å². The fraction of sp³-hybridized carbons (Fsp3) is 0.538. The lowest BCUT2D eigenvalue weighted by Crippen LogP contribution is -2.34. The third kappa shape index (κ3) is 3.29. The quantitative estimate of drug-likeness (QED) is 0.838. The molecule has 1 N–H and O–H groups in total. The second-order valence-electron chi connectivity index (χ2n) is 4.62. The number of rotatable bonds is 4. The van der Waals surface area contributed by atoms with Crippen LogP contribution in [0.5, 0.6) is 0 Å². The van der Waals surface area contributed by atoms with Gasteiger partial charge in [-0.15, -0.1) is 0 Å². The van der Waals surface area contributed by atoms with Crippen molar-refractivity contribution in [1.29, 1.82) is 0 Å². The van der Waals surface area contributed by atoms with Gasteiger partial charge in [-0.25, -0.2) is 4.39 Å². The molecule has 0 unspecified atom stereocenters. The average Bonchev–Trinajstić information content (AvgIpc) is 2.70. The molecule has 0 radical (unpaired) electrons. The van der Waals surface area contributed by atoms with Crippen LogP contribution in [-0.4, -0.2) is 31.1 Å². The van der Waals surface area contributed by atoms with Crippen molar-refractivity contribution in [3.8, 4) is 0 Å². The normalized spacial score (nSPS) is 20.6. The Morgan fingerprint density at radius 2 is 2.38 bits per heavy atom. The Kier molecular flexibility index (Phi) is 3.91. The second-order valence-corrected chi connectivity index (χ2v) is 4.62. The molecular weight excluding hydrogens is 203 g/mol. The van der Waals surface area contributed by atoms with Gasteiger partial charge >= 0.3 is 0 Å². The molecule has 1 aromatic carbocycles. The van der Waals surface area contributed by atoms with Gasteiger partial charge in [0, 0.05) is 19.1 Å². The maximum Gasteiger partial charge on any atom is 0.123 e. The van der Waals surface area contributed by atoms with Gasteiger partial charge < -0.3 is 10.2 Å². The van der Waals surface area contributed by atoms with E-state index in [1.165, 1.54) is 18.9 Å². The minimum atomic E-state index is -0.148. The van der Waals surface area contributed by atoms with Crippen molar-refractivity contribution in [3.05, 3.63) is 35.6 Å². The number of hydrogen-bond donors (Lipinski definition) is 1. The molecule has 1 saturated heterocycles. The molecule has 2 nitrogen and oxygen atoms in total. The van der Waals surface area contributed by atoms with E-state index < -0.39 is 0 Å². The molecule has 2 rings (SSSR count). The lowest BCUT2D eigenvalue weighted by Gasteiger charge is -2.21. The van der Waals surface area contributed by atoms with E-state index in [0.29, 0.717) is 6.04 Å². The molecule has 1 aliphatic rings. The number of likely N-dealkylation sites (N-methyl/N-ethyl adjacent to an activating group) is 1. The number of hydrogen-bond acceptors (Lipinski definition) is 2. The molecule has 1 fully saturated rings. The summed E-state index contributed by atoms with van der Waals surface area (Å²) in [6.07, 6.45) is 2.53. The van der Waals surface area contributed by atoms with Crippen LogP contribution < -0.4 is 5.32 Å². The number of halogens is 1. The Bertz CT molecular complexity index is 334. The Labute approximate surface area is 96.5 Å². The molecule has 3 heteroatoms. The highest BCUT2D eigenvalue weighted by molar-refractivity contribution is 5.16. The van der Waals surface area contributed by atoms with Gasteiger partial charge in [-0.05, 0) is 44.1 Å². The molecule has 0 saturated carbocycles. The van der Waals surface area contributed by atoms with E-state index in [1.807, 2.05) is 6.07 Å². The summed E-state index contributed by atoms with van der Waals surface area (Å²) in [6, 6.07) is 7.45. The zero-order valence-corrected chi connectivity index (χ0v) is 9.75. The van der Waals surface area contributed by atoms with Gasteiger partial charge in [-0.1, -0.05) is 12.1 Å². The van der Waals surface area contributed by atoms with Gasteiger partial charge in [0.05, 0.1) is 0 Å². The first-order chi connectivity index (χ1) is 7.74. The van der Waals surface area contributed by atoms with Gasteiger partial charge in [0.1, 0.15) is 5.82 Å². The SMILES string of the molecule is CN(Cc1cccc(F)c1)C[C@@H]1CCCN1. The standard InChI is InChI=1S/C13H19FN2/c1-16(10-13-6-3-7-15-13)9-11-4-2-5-12(14)8-11/h2,4-5,8,13,15H,3,6-7,9-10H2,1H3/t13-/m0/s1. The second kappa shape index (κ2) is 5.41. The topological polar surface area (TPSA) is 15.3 Å². The first-order valence-electron chi connectivity index (χ1n) is 5.90.